The number of hydrogen-bond acceptors (Lipinski definition) is 4. The first kappa shape index (κ1) is 12.7. The molecule has 96 valence electrons. The van der Waals surface area contributed by atoms with Gasteiger partial charge in [0.2, 0.25) is 0 Å². The van der Waals surface area contributed by atoms with Gasteiger partial charge in [-0.2, -0.15) is 5.26 Å². The Morgan fingerprint density at radius 3 is 2.58 bits per heavy atom. The molecule has 0 spiro atoms. The van der Waals surface area contributed by atoms with Crippen molar-refractivity contribution in [1.29, 1.82) is 5.26 Å². The van der Waals surface area contributed by atoms with Crippen LogP contribution in [0, 0.1) is 17.1 Å². The van der Waals surface area contributed by atoms with Crippen molar-refractivity contribution in [2.24, 2.45) is 0 Å². The quantitative estimate of drug-likeness (QED) is 0.829. The zero-order valence-electron chi connectivity index (χ0n) is 10.3. The van der Waals surface area contributed by atoms with Crippen LogP contribution in [0.3, 0.4) is 0 Å². The highest BCUT2D eigenvalue weighted by molar-refractivity contribution is 5.67. The summed E-state index contributed by atoms with van der Waals surface area (Å²) >= 11 is 0. The van der Waals surface area contributed by atoms with Crippen molar-refractivity contribution < 1.29 is 9.13 Å². The van der Waals surface area contributed by atoms with Crippen LogP contribution in [-0.2, 0) is 0 Å². The van der Waals surface area contributed by atoms with Crippen LogP contribution >= 0.6 is 0 Å². The highest BCUT2D eigenvalue weighted by atomic mass is 19.1. The van der Waals surface area contributed by atoms with Crippen molar-refractivity contribution in [2.45, 2.75) is 0 Å². The zero-order valence-corrected chi connectivity index (χ0v) is 10.3. The number of nitrogens with zero attached hydrogens (tertiary/aromatic N) is 1. The highest BCUT2D eigenvalue weighted by Gasteiger charge is 2.05. The van der Waals surface area contributed by atoms with Crippen LogP contribution in [0.5, 0.6) is 5.75 Å². The molecule has 2 aromatic rings. The van der Waals surface area contributed by atoms with Gasteiger partial charge in [-0.25, -0.2) is 4.39 Å². The first-order chi connectivity index (χ1) is 9.13. The summed E-state index contributed by atoms with van der Waals surface area (Å²) in [5.41, 5.74) is 7.59. The Hall–Kier alpha value is -2.74. The van der Waals surface area contributed by atoms with E-state index in [0.717, 1.165) is 5.69 Å². The number of nitrogens with one attached hydrogen (secondary N) is 1. The largest absolute Gasteiger partial charge is 0.495 e. The number of halogens is 1. The van der Waals surface area contributed by atoms with Crippen molar-refractivity contribution in [3.8, 4) is 11.8 Å². The number of nitrogens with two attached hydrogens (primary N) is 1. The molecule has 0 unspecified atom stereocenters. The lowest BCUT2D eigenvalue weighted by molar-refractivity contribution is 0.417. The predicted molar refractivity (Wildman–Crippen MR) is 71.8 cm³/mol. The average Bonchev–Trinajstić information content (AvgIpc) is 2.43. The standard InChI is InChI=1S/C14H12FN3O/c1-19-14-7-11(3-5-13(14)17)18-10-2-4-12(15)9(6-10)8-16/h2-7,18H,17H2,1H3. The molecule has 0 aliphatic rings. The molecule has 4 nitrogen and oxygen atoms in total. The minimum Gasteiger partial charge on any atom is -0.495 e. The first-order valence-electron chi connectivity index (χ1n) is 5.54. The fourth-order valence-electron chi connectivity index (χ4n) is 1.64. The summed E-state index contributed by atoms with van der Waals surface area (Å²) in [6, 6.07) is 11.2. The molecule has 0 aliphatic carbocycles. The van der Waals surface area contributed by atoms with Gasteiger partial charge in [0.1, 0.15) is 17.6 Å². The van der Waals surface area contributed by atoms with E-state index in [0.29, 0.717) is 17.1 Å². The van der Waals surface area contributed by atoms with Gasteiger partial charge in [0.05, 0.1) is 18.4 Å². The van der Waals surface area contributed by atoms with E-state index in [4.69, 9.17) is 15.7 Å². The van der Waals surface area contributed by atoms with E-state index in [1.807, 2.05) is 0 Å². The summed E-state index contributed by atoms with van der Waals surface area (Å²) < 4.78 is 18.3. The molecule has 0 heterocycles. The second kappa shape index (κ2) is 5.27. The Morgan fingerprint density at radius 2 is 1.89 bits per heavy atom. The van der Waals surface area contributed by atoms with Crippen molar-refractivity contribution in [1.82, 2.24) is 0 Å². The number of anilines is 3. The summed E-state index contributed by atoms with van der Waals surface area (Å²) in [5.74, 6) is 0.00977. The predicted octanol–water partition coefficient (Wildman–Crippen LogP) is 3.03. The first-order valence-corrected chi connectivity index (χ1v) is 5.54. The molecule has 0 atom stereocenters. The van der Waals surface area contributed by atoms with Gasteiger partial charge in [0.25, 0.3) is 0 Å². The summed E-state index contributed by atoms with van der Waals surface area (Å²) in [5, 5.41) is 11.8. The molecule has 0 fully saturated rings. The van der Waals surface area contributed by atoms with Gasteiger partial charge in [-0.3, -0.25) is 0 Å². The topological polar surface area (TPSA) is 71.1 Å². The van der Waals surface area contributed by atoms with Crippen LogP contribution < -0.4 is 15.8 Å². The molecule has 0 aliphatic heterocycles. The monoisotopic (exact) mass is 257 g/mol. The van der Waals surface area contributed by atoms with Crippen LogP contribution in [0.25, 0.3) is 0 Å². The molecule has 0 amide bonds. The molecule has 19 heavy (non-hydrogen) atoms. The number of rotatable bonds is 3. The third kappa shape index (κ3) is 2.75. The Morgan fingerprint density at radius 1 is 1.21 bits per heavy atom. The minimum atomic E-state index is -0.539. The smallest absolute Gasteiger partial charge is 0.143 e. The maximum absolute atomic E-state index is 13.2. The molecule has 0 saturated heterocycles. The Kier molecular flexibility index (Phi) is 3.53. The maximum Gasteiger partial charge on any atom is 0.143 e. The van der Waals surface area contributed by atoms with Gasteiger partial charge in [0, 0.05) is 17.4 Å². The number of nitrogen functional groups attached to an aromatic ring is 1. The van der Waals surface area contributed by atoms with E-state index in [1.54, 1.807) is 30.3 Å². The van der Waals surface area contributed by atoms with Crippen LogP contribution in [-0.4, -0.2) is 7.11 Å². The fraction of sp³-hybridized carbons (Fsp3) is 0.0714. The molecular weight excluding hydrogens is 245 g/mol. The Balaban J connectivity index is 2.29. The van der Waals surface area contributed by atoms with Gasteiger partial charge in [-0.1, -0.05) is 0 Å². The summed E-state index contributed by atoms with van der Waals surface area (Å²) in [6.45, 7) is 0. The lowest BCUT2D eigenvalue weighted by Crippen LogP contribution is -1.96. The third-order valence-corrected chi connectivity index (χ3v) is 2.61. The van der Waals surface area contributed by atoms with Crippen molar-refractivity contribution in [2.75, 3.05) is 18.2 Å². The zero-order chi connectivity index (χ0) is 13.8. The molecule has 2 aromatic carbocycles. The van der Waals surface area contributed by atoms with Crippen LogP contribution in [0.4, 0.5) is 21.5 Å². The lowest BCUT2D eigenvalue weighted by Gasteiger charge is -2.10. The van der Waals surface area contributed by atoms with Gasteiger partial charge in [0.15, 0.2) is 0 Å². The van der Waals surface area contributed by atoms with Gasteiger partial charge in [-0.05, 0) is 30.3 Å². The summed E-state index contributed by atoms with van der Waals surface area (Å²) in [7, 11) is 1.53. The molecule has 3 N–H and O–H groups in total. The number of ether oxygens (including phenoxy) is 1. The Labute approximate surface area is 110 Å². The second-order valence-corrected chi connectivity index (χ2v) is 3.89. The SMILES string of the molecule is COc1cc(Nc2ccc(F)c(C#N)c2)ccc1N. The van der Waals surface area contributed by atoms with Crippen molar-refractivity contribution in [3.63, 3.8) is 0 Å². The fourth-order valence-corrected chi connectivity index (χ4v) is 1.64. The second-order valence-electron chi connectivity index (χ2n) is 3.89. The van der Waals surface area contributed by atoms with Gasteiger partial charge >= 0.3 is 0 Å². The minimum absolute atomic E-state index is 0.00703. The molecular formula is C14H12FN3O. The van der Waals surface area contributed by atoms with Crippen molar-refractivity contribution in [3.05, 3.63) is 47.8 Å². The van der Waals surface area contributed by atoms with Crippen molar-refractivity contribution >= 4 is 17.1 Å². The lowest BCUT2D eigenvalue weighted by atomic mass is 10.2. The number of methoxy groups -OCH3 is 1. The van der Waals surface area contributed by atoms with E-state index in [9.17, 15) is 4.39 Å². The van der Waals surface area contributed by atoms with E-state index >= 15 is 0 Å². The highest BCUT2D eigenvalue weighted by Crippen LogP contribution is 2.27. The summed E-state index contributed by atoms with van der Waals surface area (Å²) in [6.07, 6.45) is 0. The van der Waals surface area contributed by atoms with Crippen LogP contribution in [0.15, 0.2) is 36.4 Å². The molecule has 0 saturated carbocycles. The van der Waals surface area contributed by atoms with Gasteiger partial charge in [-0.15, -0.1) is 0 Å². The maximum atomic E-state index is 13.2. The van der Waals surface area contributed by atoms with E-state index in [2.05, 4.69) is 5.32 Å². The van der Waals surface area contributed by atoms with Crippen LogP contribution in [0.1, 0.15) is 5.56 Å². The van der Waals surface area contributed by atoms with E-state index in [1.165, 1.54) is 19.2 Å². The molecule has 0 radical (unpaired) electrons. The number of hydrogen-bond donors (Lipinski definition) is 2. The number of nitriles is 1. The molecule has 5 heteroatoms. The average molecular weight is 257 g/mol. The molecule has 0 aromatic heterocycles. The molecule has 2 rings (SSSR count). The third-order valence-electron chi connectivity index (χ3n) is 2.61. The summed E-state index contributed by atoms with van der Waals surface area (Å²) in [4.78, 5) is 0. The normalized spacial score (nSPS) is 9.74. The number of benzene rings is 2. The van der Waals surface area contributed by atoms with Crippen LogP contribution in [0.2, 0.25) is 0 Å². The Bertz CT molecular complexity index is 650. The van der Waals surface area contributed by atoms with E-state index in [-0.39, 0.29) is 5.56 Å². The van der Waals surface area contributed by atoms with E-state index < -0.39 is 5.82 Å². The van der Waals surface area contributed by atoms with Gasteiger partial charge < -0.3 is 15.8 Å². The molecule has 0 bridgehead atoms.